The average Bonchev–Trinajstić information content (AvgIpc) is 3.24. The van der Waals surface area contributed by atoms with Gasteiger partial charge in [0.15, 0.2) is 17.6 Å². The topological polar surface area (TPSA) is 61.8 Å². The summed E-state index contributed by atoms with van der Waals surface area (Å²) in [6.45, 7) is -2.61. The van der Waals surface area contributed by atoms with Crippen LogP contribution in [0.25, 0.3) is 0 Å². The number of hydrogen-bond donors (Lipinski definition) is 0. The molecule has 0 amide bonds. The number of fused-ring (bicyclic) bond motifs is 1. The van der Waals surface area contributed by atoms with E-state index in [1.165, 1.54) is 5.38 Å². The maximum Gasteiger partial charge on any atom is 0.460 e. The van der Waals surface area contributed by atoms with Crippen molar-refractivity contribution in [3.05, 3.63) is 10.8 Å². The van der Waals surface area contributed by atoms with E-state index in [1.807, 2.05) is 0 Å². The molecule has 0 aliphatic carbocycles. The van der Waals surface area contributed by atoms with Gasteiger partial charge in [0.25, 0.3) is 0 Å². The van der Waals surface area contributed by atoms with E-state index in [0.29, 0.717) is 0 Å². The summed E-state index contributed by atoms with van der Waals surface area (Å²) >= 11 is 0.893. The number of hydrogen-bond acceptors (Lipinski definition) is 6. The molecule has 2 rings (SSSR count). The SMILES string of the molecule is O=S(=O)(OCC1COc2cscc2O1)C(F)(F)C(F)(F)C(F)(F)C(F)(F)C(F)(F)C(F)(F)C(F)(F)C(F)(F)F. The van der Waals surface area contributed by atoms with Crippen LogP contribution < -0.4 is 9.47 Å². The van der Waals surface area contributed by atoms with Crippen LogP contribution in [0.3, 0.4) is 0 Å². The molecule has 5 nitrogen and oxygen atoms in total. The van der Waals surface area contributed by atoms with Gasteiger partial charge in [0.05, 0.1) is 0 Å². The first-order chi connectivity index (χ1) is 17.0. The van der Waals surface area contributed by atoms with Crippen molar-refractivity contribution in [1.29, 1.82) is 0 Å². The summed E-state index contributed by atoms with van der Waals surface area (Å²) in [6, 6.07) is 0. The largest absolute Gasteiger partial charge is 0.485 e. The van der Waals surface area contributed by atoms with E-state index >= 15 is 0 Å². The Balaban J connectivity index is 2.43. The number of halogens is 17. The van der Waals surface area contributed by atoms with Gasteiger partial charge in [-0.1, -0.05) is 0 Å². The van der Waals surface area contributed by atoms with E-state index in [-0.39, 0.29) is 11.5 Å². The second kappa shape index (κ2) is 9.27. The number of ether oxygens (including phenoxy) is 2. The van der Waals surface area contributed by atoms with Crippen molar-refractivity contribution in [2.45, 2.75) is 53.1 Å². The Morgan fingerprint density at radius 3 is 1.56 bits per heavy atom. The normalized spacial score (nSPS) is 18.8. The summed E-state index contributed by atoms with van der Waals surface area (Å²) in [5, 5.41) is -5.31. The van der Waals surface area contributed by atoms with Gasteiger partial charge in [-0.3, -0.25) is 4.18 Å². The van der Waals surface area contributed by atoms with Gasteiger partial charge in [-0.2, -0.15) is 83.1 Å². The molecule has 0 saturated carbocycles. The Hall–Kier alpha value is -1.98. The van der Waals surface area contributed by atoms with E-state index in [9.17, 15) is 83.1 Å². The molecule has 1 aromatic heterocycles. The van der Waals surface area contributed by atoms with Crippen LogP contribution in [0.4, 0.5) is 74.6 Å². The number of alkyl halides is 17. The fourth-order valence-electron chi connectivity index (χ4n) is 2.49. The summed E-state index contributed by atoms with van der Waals surface area (Å²) in [5.41, 5.74) is 0. The average molecular weight is 654 g/mol. The van der Waals surface area contributed by atoms with Crippen molar-refractivity contribution in [2.75, 3.05) is 13.2 Å². The molecule has 1 aliphatic rings. The first-order valence-corrected chi connectivity index (χ1v) is 11.4. The highest BCUT2D eigenvalue weighted by Crippen LogP contribution is 2.64. The van der Waals surface area contributed by atoms with Crippen LogP contribution in [0.15, 0.2) is 10.8 Å². The van der Waals surface area contributed by atoms with Gasteiger partial charge in [0, 0.05) is 10.8 Å². The molecular weight excluding hydrogens is 647 g/mol. The lowest BCUT2D eigenvalue weighted by Gasteiger charge is -2.42. The number of rotatable bonds is 10. The first kappa shape index (κ1) is 33.2. The zero-order chi connectivity index (χ0) is 30.9. The molecule has 0 aromatic carbocycles. The van der Waals surface area contributed by atoms with Crippen LogP contribution in [0.2, 0.25) is 0 Å². The van der Waals surface area contributed by atoms with Gasteiger partial charge in [-0.05, 0) is 0 Å². The Bertz CT molecular complexity index is 1160. The molecule has 0 radical (unpaired) electrons. The number of thiophene rings is 1. The zero-order valence-corrected chi connectivity index (χ0v) is 19.1. The Morgan fingerprint density at radius 2 is 1.10 bits per heavy atom. The molecule has 2 heterocycles. The quantitative estimate of drug-likeness (QED) is 0.222. The molecule has 0 bridgehead atoms. The van der Waals surface area contributed by atoms with Crippen LogP contribution in [-0.2, 0) is 14.3 Å². The third-order valence-corrected chi connectivity index (χ3v) is 6.76. The molecule has 1 unspecified atom stereocenters. The summed E-state index contributed by atoms with van der Waals surface area (Å²) in [4.78, 5) is 0. The molecular formula is C15H7F17O5S2. The van der Waals surface area contributed by atoms with E-state index < -0.39 is 76.4 Å². The predicted molar refractivity (Wildman–Crippen MR) is 89.8 cm³/mol. The molecule has 0 saturated heterocycles. The minimum Gasteiger partial charge on any atom is -0.485 e. The minimum atomic E-state index is -8.91. The first-order valence-electron chi connectivity index (χ1n) is 9.00. The highest BCUT2D eigenvalue weighted by molar-refractivity contribution is 7.87. The fraction of sp³-hybridized carbons (Fsp3) is 0.733. The van der Waals surface area contributed by atoms with Crippen molar-refractivity contribution in [3.63, 3.8) is 0 Å². The monoisotopic (exact) mass is 654 g/mol. The van der Waals surface area contributed by atoms with E-state index in [4.69, 9.17) is 9.47 Å². The van der Waals surface area contributed by atoms with E-state index in [1.54, 1.807) is 0 Å². The van der Waals surface area contributed by atoms with Crippen molar-refractivity contribution in [1.82, 2.24) is 0 Å². The Kier molecular flexibility index (Phi) is 7.90. The van der Waals surface area contributed by atoms with Gasteiger partial charge in [0.2, 0.25) is 0 Å². The molecule has 0 N–H and O–H groups in total. The lowest BCUT2D eigenvalue weighted by molar-refractivity contribution is -0.458. The maximum absolute atomic E-state index is 13.9. The lowest BCUT2D eigenvalue weighted by Crippen LogP contribution is -2.75. The molecule has 228 valence electrons. The zero-order valence-electron chi connectivity index (χ0n) is 17.4. The standard InChI is InChI=1S/C15H7F17O5S2/c16-8(17,10(20,21)12(24,25)14(28,29)30)9(18,19)11(22,23)13(26,27)15(31,32)39(33,34)36-2-5-1-35-6-3-38-4-7(6)37-5/h3-5H,1-2H2. The Morgan fingerprint density at radius 1 is 0.692 bits per heavy atom. The van der Waals surface area contributed by atoms with E-state index in [2.05, 4.69) is 4.18 Å². The van der Waals surface area contributed by atoms with Gasteiger partial charge in [-0.25, -0.2) is 0 Å². The van der Waals surface area contributed by atoms with Crippen molar-refractivity contribution >= 4 is 21.5 Å². The van der Waals surface area contributed by atoms with Crippen molar-refractivity contribution in [2.24, 2.45) is 0 Å². The molecule has 0 spiro atoms. The highest BCUT2D eigenvalue weighted by atomic mass is 32.2. The highest BCUT2D eigenvalue weighted by Gasteiger charge is 2.96. The van der Waals surface area contributed by atoms with E-state index in [0.717, 1.165) is 16.7 Å². The fourth-order valence-corrected chi connectivity index (χ4v) is 4.08. The van der Waals surface area contributed by atoms with Gasteiger partial charge in [-0.15, -0.1) is 11.3 Å². The third-order valence-electron chi connectivity index (χ3n) is 4.73. The van der Waals surface area contributed by atoms with Gasteiger partial charge >= 0.3 is 57.1 Å². The third kappa shape index (κ3) is 4.62. The summed E-state index contributed by atoms with van der Waals surface area (Å²) < 4.78 is 262. The van der Waals surface area contributed by atoms with Crippen molar-refractivity contribution < 1.29 is 96.7 Å². The van der Waals surface area contributed by atoms with Crippen LogP contribution in [0.5, 0.6) is 11.5 Å². The van der Waals surface area contributed by atoms with Crippen LogP contribution in [-0.4, -0.2) is 74.7 Å². The molecule has 0 fully saturated rings. The lowest BCUT2D eigenvalue weighted by atomic mass is 9.91. The van der Waals surface area contributed by atoms with Crippen LogP contribution >= 0.6 is 11.3 Å². The summed E-state index contributed by atoms with van der Waals surface area (Å²) in [6.07, 6.45) is -9.70. The molecule has 1 aromatic rings. The minimum absolute atomic E-state index is 0.00771. The Labute approximate surface area is 207 Å². The molecule has 1 atom stereocenters. The van der Waals surface area contributed by atoms with Crippen LogP contribution in [0.1, 0.15) is 0 Å². The maximum atomic E-state index is 13.9. The van der Waals surface area contributed by atoms with Crippen LogP contribution in [0, 0.1) is 0 Å². The smallest absolute Gasteiger partial charge is 0.460 e. The van der Waals surface area contributed by atoms with Gasteiger partial charge in [0.1, 0.15) is 13.2 Å². The summed E-state index contributed by atoms with van der Waals surface area (Å²) in [7, 11) is -7.65. The second-order valence-corrected chi connectivity index (χ2v) is 9.75. The van der Waals surface area contributed by atoms with Crippen molar-refractivity contribution in [3.8, 4) is 11.5 Å². The second-order valence-electron chi connectivity index (χ2n) is 7.35. The molecule has 39 heavy (non-hydrogen) atoms. The molecule has 1 aliphatic heterocycles. The van der Waals surface area contributed by atoms with Gasteiger partial charge < -0.3 is 9.47 Å². The predicted octanol–water partition coefficient (Wildman–Crippen LogP) is 6.20. The molecule has 24 heteroatoms. The summed E-state index contributed by atoms with van der Waals surface area (Å²) in [5.74, 6) is -52.2.